The van der Waals surface area contributed by atoms with E-state index in [1.165, 1.54) is 55.6 Å². The summed E-state index contributed by atoms with van der Waals surface area (Å²) in [5.74, 6) is 0.660. The van der Waals surface area contributed by atoms with Crippen molar-refractivity contribution in [2.45, 2.75) is 39.5 Å². The number of nitrogens with two attached hydrogens (primary N) is 1. The third-order valence-electron chi connectivity index (χ3n) is 3.98. The first kappa shape index (κ1) is 13.4. The van der Waals surface area contributed by atoms with Crippen molar-refractivity contribution < 1.29 is 0 Å². The van der Waals surface area contributed by atoms with Gasteiger partial charge in [0, 0.05) is 18.8 Å². The standard InChI is InChI=1S/C16H26N2/c1-13-7-8-16-15(11-13)6-4-10-18(16)9-3-5-14(2)12-17/h7-8,11,14H,3-6,9-10,12,17H2,1-2H3. The summed E-state index contributed by atoms with van der Waals surface area (Å²) in [6, 6.07) is 6.89. The van der Waals surface area contributed by atoms with E-state index in [0.29, 0.717) is 5.92 Å². The lowest BCUT2D eigenvalue weighted by Crippen LogP contribution is -2.30. The first-order valence-electron chi connectivity index (χ1n) is 7.25. The number of anilines is 1. The van der Waals surface area contributed by atoms with Crippen LogP contribution in [0.2, 0.25) is 0 Å². The van der Waals surface area contributed by atoms with Gasteiger partial charge >= 0.3 is 0 Å². The molecule has 1 unspecified atom stereocenters. The molecule has 1 atom stereocenters. The van der Waals surface area contributed by atoms with Crippen LogP contribution in [0.25, 0.3) is 0 Å². The van der Waals surface area contributed by atoms with Crippen LogP contribution in [0, 0.1) is 12.8 Å². The Morgan fingerprint density at radius 1 is 1.39 bits per heavy atom. The summed E-state index contributed by atoms with van der Waals surface area (Å²) < 4.78 is 0. The van der Waals surface area contributed by atoms with Crippen LogP contribution in [0.3, 0.4) is 0 Å². The lowest BCUT2D eigenvalue weighted by molar-refractivity contribution is 0.513. The fourth-order valence-electron chi connectivity index (χ4n) is 2.78. The lowest BCUT2D eigenvalue weighted by Gasteiger charge is -2.32. The van der Waals surface area contributed by atoms with E-state index in [4.69, 9.17) is 5.73 Å². The zero-order valence-corrected chi connectivity index (χ0v) is 11.8. The van der Waals surface area contributed by atoms with Gasteiger partial charge in [-0.05, 0) is 56.7 Å². The third kappa shape index (κ3) is 3.26. The largest absolute Gasteiger partial charge is 0.371 e. The fourth-order valence-corrected chi connectivity index (χ4v) is 2.78. The first-order valence-corrected chi connectivity index (χ1v) is 7.25. The summed E-state index contributed by atoms with van der Waals surface area (Å²) in [5, 5.41) is 0. The maximum Gasteiger partial charge on any atom is 0.0398 e. The summed E-state index contributed by atoms with van der Waals surface area (Å²) in [6.45, 7) is 7.64. The Balaban J connectivity index is 1.95. The molecule has 0 bridgehead atoms. The number of aryl methyl sites for hydroxylation is 2. The highest BCUT2D eigenvalue weighted by molar-refractivity contribution is 5.56. The van der Waals surface area contributed by atoms with E-state index < -0.39 is 0 Å². The van der Waals surface area contributed by atoms with Crippen molar-refractivity contribution in [3.05, 3.63) is 29.3 Å². The van der Waals surface area contributed by atoms with E-state index in [1.54, 1.807) is 0 Å². The predicted molar refractivity (Wildman–Crippen MR) is 79.2 cm³/mol. The molecule has 2 N–H and O–H groups in total. The van der Waals surface area contributed by atoms with Crippen molar-refractivity contribution >= 4 is 5.69 Å². The van der Waals surface area contributed by atoms with Gasteiger partial charge in [-0.25, -0.2) is 0 Å². The van der Waals surface area contributed by atoms with Crippen LogP contribution in [0.15, 0.2) is 18.2 Å². The maximum absolute atomic E-state index is 5.67. The van der Waals surface area contributed by atoms with E-state index in [0.717, 1.165) is 6.54 Å². The Morgan fingerprint density at radius 2 is 2.22 bits per heavy atom. The SMILES string of the molecule is Cc1ccc2c(c1)CCCN2CCCC(C)CN. The van der Waals surface area contributed by atoms with Gasteiger partial charge in [0.1, 0.15) is 0 Å². The zero-order valence-electron chi connectivity index (χ0n) is 11.8. The van der Waals surface area contributed by atoms with E-state index in [-0.39, 0.29) is 0 Å². The molecule has 1 aromatic carbocycles. The van der Waals surface area contributed by atoms with E-state index in [9.17, 15) is 0 Å². The molecule has 2 rings (SSSR count). The van der Waals surface area contributed by atoms with Crippen molar-refractivity contribution in [2.75, 3.05) is 24.5 Å². The van der Waals surface area contributed by atoms with E-state index in [2.05, 4.69) is 36.9 Å². The van der Waals surface area contributed by atoms with Crippen LogP contribution in [0.4, 0.5) is 5.69 Å². The molecular weight excluding hydrogens is 220 g/mol. The predicted octanol–water partition coefficient (Wildman–Crippen LogP) is 3.12. The Kier molecular flexibility index (Phi) is 4.65. The molecule has 0 fully saturated rings. The summed E-state index contributed by atoms with van der Waals surface area (Å²) in [7, 11) is 0. The molecule has 0 saturated heterocycles. The van der Waals surface area contributed by atoms with Crippen LogP contribution in [0.5, 0.6) is 0 Å². The number of hydrogen-bond acceptors (Lipinski definition) is 2. The highest BCUT2D eigenvalue weighted by Gasteiger charge is 2.16. The van der Waals surface area contributed by atoms with Crippen molar-refractivity contribution in [1.82, 2.24) is 0 Å². The van der Waals surface area contributed by atoms with Gasteiger partial charge in [-0.2, -0.15) is 0 Å². The van der Waals surface area contributed by atoms with Gasteiger partial charge in [0.25, 0.3) is 0 Å². The van der Waals surface area contributed by atoms with Crippen LogP contribution < -0.4 is 10.6 Å². The minimum atomic E-state index is 0.660. The van der Waals surface area contributed by atoms with E-state index >= 15 is 0 Å². The average Bonchev–Trinajstić information content (AvgIpc) is 2.38. The summed E-state index contributed by atoms with van der Waals surface area (Å²) >= 11 is 0. The molecule has 0 aliphatic carbocycles. The molecule has 0 saturated carbocycles. The van der Waals surface area contributed by atoms with Gasteiger partial charge in [-0.1, -0.05) is 24.6 Å². The van der Waals surface area contributed by atoms with Crippen molar-refractivity contribution in [1.29, 1.82) is 0 Å². The lowest BCUT2D eigenvalue weighted by atomic mass is 9.98. The van der Waals surface area contributed by atoms with Gasteiger partial charge in [-0.3, -0.25) is 0 Å². The third-order valence-corrected chi connectivity index (χ3v) is 3.98. The molecule has 0 radical (unpaired) electrons. The quantitative estimate of drug-likeness (QED) is 0.865. The van der Waals surface area contributed by atoms with Crippen molar-refractivity contribution in [3.8, 4) is 0 Å². The maximum atomic E-state index is 5.67. The topological polar surface area (TPSA) is 29.3 Å². The highest BCUT2D eigenvalue weighted by Crippen LogP contribution is 2.28. The van der Waals surface area contributed by atoms with Crippen LogP contribution in [-0.2, 0) is 6.42 Å². The first-order chi connectivity index (χ1) is 8.70. The second-order valence-electron chi connectivity index (χ2n) is 5.71. The molecule has 0 spiro atoms. The smallest absolute Gasteiger partial charge is 0.0398 e. The monoisotopic (exact) mass is 246 g/mol. The second-order valence-corrected chi connectivity index (χ2v) is 5.71. The van der Waals surface area contributed by atoms with Crippen LogP contribution in [-0.4, -0.2) is 19.6 Å². The summed E-state index contributed by atoms with van der Waals surface area (Å²) in [5.41, 5.74) is 10.1. The number of fused-ring (bicyclic) bond motifs is 1. The van der Waals surface area contributed by atoms with Crippen LogP contribution >= 0.6 is 0 Å². The molecule has 0 aromatic heterocycles. The number of nitrogens with zero attached hydrogens (tertiary/aromatic N) is 1. The zero-order chi connectivity index (χ0) is 13.0. The van der Waals surface area contributed by atoms with Gasteiger partial charge in [0.2, 0.25) is 0 Å². The molecule has 2 nitrogen and oxygen atoms in total. The van der Waals surface area contributed by atoms with Gasteiger partial charge in [0.05, 0.1) is 0 Å². The number of hydrogen-bond donors (Lipinski definition) is 1. The van der Waals surface area contributed by atoms with Crippen molar-refractivity contribution in [3.63, 3.8) is 0 Å². The molecule has 1 heterocycles. The molecule has 0 amide bonds. The Morgan fingerprint density at radius 3 is 3.00 bits per heavy atom. The number of benzene rings is 1. The minimum absolute atomic E-state index is 0.660. The minimum Gasteiger partial charge on any atom is -0.371 e. The molecule has 1 aromatic rings. The van der Waals surface area contributed by atoms with Crippen molar-refractivity contribution in [2.24, 2.45) is 11.7 Å². The molecule has 1 aliphatic rings. The Labute approximate surface area is 111 Å². The molecule has 1 aliphatic heterocycles. The average molecular weight is 246 g/mol. The molecule has 2 heteroatoms. The highest BCUT2D eigenvalue weighted by atomic mass is 15.1. The van der Waals surface area contributed by atoms with Crippen LogP contribution in [0.1, 0.15) is 37.3 Å². The van der Waals surface area contributed by atoms with E-state index in [1.807, 2.05) is 0 Å². The van der Waals surface area contributed by atoms with Gasteiger partial charge < -0.3 is 10.6 Å². The molecule has 100 valence electrons. The number of rotatable bonds is 5. The molecular formula is C16H26N2. The van der Waals surface area contributed by atoms with Gasteiger partial charge in [0.15, 0.2) is 0 Å². The normalized spacial score (nSPS) is 16.5. The molecule has 18 heavy (non-hydrogen) atoms. The second kappa shape index (κ2) is 6.24. The Hall–Kier alpha value is -1.02. The summed E-state index contributed by atoms with van der Waals surface area (Å²) in [6.07, 6.45) is 5.04. The summed E-state index contributed by atoms with van der Waals surface area (Å²) in [4.78, 5) is 2.56. The fraction of sp³-hybridized carbons (Fsp3) is 0.625. The van der Waals surface area contributed by atoms with Gasteiger partial charge in [-0.15, -0.1) is 0 Å². The Bertz CT molecular complexity index is 387.